The average molecular weight is 276 g/mol. The summed E-state index contributed by atoms with van der Waals surface area (Å²) in [6.45, 7) is 4.61. The monoisotopic (exact) mass is 276 g/mol. The van der Waals surface area contributed by atoms with Crippen LogP contribution in [0.3, 0.4) is 0 Å². The number of benzene rings is 1. The van der Waals surface area contributed by atoms with E-state index in [1.165, 1.54) is 25.5 Å². The molecule has 1 saturated heterocycles. The van der Waals surface area contributed by atoms with Crippen LogP contribution in [0.1, 0.15) is 18.4 Å². The van der Waals surface area contributed by atoms with E-state index in [1.54, 1.807) is 4.90 Å². The summed E-state index contributed by atoms with van der Waals surface area (Å²) in [5, 5.41) is 0. The number of carbonyl (C=O) groups is 1. The summed E-state index contributed by atoms with van der Waals surface area (Å²) in [7, 11) is 1.44. The molecule has 1 aliphatic heterocycles. The fraction of sp³-hybridized carbons (Fsp3) is 0.562. The highest BCUT2D eigenvalue weighted by atomic mass is 16.5. The van der Waals surface area contributed by atoms with E-state index < -0.39 is 0 Å². The van der Waals surface area contributed by atoms with Gasteiger partial charge in [-0.05, 0) is 31.4 Å². The minimum Gasteiger partial charge on any atom is -0.453 e. The van der Waals surface area contributed by atoms with Crippen LogP contribution in [-0.2, 0) is 11.2 Å². The lowest BCUT2D eigenvalue weighted by atomic mass is 10.1. The van der Waals surface area contributed by atoms with E-state index in [2.05, 4.69) is 35.2 Å². The quantitative estimate of drug-likeness (QED) is 0.774. The van der Waals surface area contributed by atoms with Gasteiger partial charge in [0.25, 0.3) is 0 Å². The number of piperazine rings is 1. The van der Waals surface area contributed by atoms with Gasteiger partial charge in [-0.15, -0.1) is 0 Å². The molecule has 0 radical (unpaired) electrons. The van der Waals surface area contributed by atoms with Crippen molar-refractivity contribution in [2.75, 3.05) is 39.8 Å². The molecule has 110 valence electrons. The van der Waals surface area contributed by atoms with Crippen molar-refractivity contribution in [3.63, 3.8) is 0 Å². The number of aryl methyl sites for hydroxylation is 1. The van der Waals surface area contributed by atoms with Crippen molar-refractivity contribution in [1.82, 2.24) is 9.80 Å². The molecule has 0 unspecified atom stereocenters. The van der Waals surface area contributed by atoms with Crippen molar-refractivity contribution in [3.8, 4) is 0 Å². The summed E-state index contributed by atoms with van der Waals surface area (Å²) in [6, 6.07) is 10.6. The lowest BCUT2D eigenvalue weighted by Crippen LogP contribution is -2.48. The van der Waals surface area contributed by atoms with Crippen LogP contribution in [0.25, 0.3) is 0 Å². The van der Waals surface area contributed by atoms with Crippen LogP contribution >= 0.6 is 0 Å². The molecule has 0 spiro atoms. The minimum absolute atomic E-state index is 0.200. The Hall–Kier alpha value is -1.55. The number of amides is 1. The van der Waals surface area contributed by atoms with E-state index in [0.717, 1.165) is 39.1 Å². The van der Waals surface area contributed by atoms with Crippen LogP contribution in [0.2, 0.25) is 0 Å². The van der Waals surface area contributed by atoms with E-state index in [-0.39, 0.29) is 6.09 Å². The molecule has 2 rings (SSSR count). The van der Waals surface area contributed by atoms with Crippen molar-refractivity contribution in [2.45, 2.75) is 19.3 Å². The SMILES string of the molecule is COC(=O)N1CCN(CCCCc2ccccc2)CC1. The van der Waals surface area contributed by atoms with Gasteiger partial charge < -0.3 is 9.64 Å². The number of methoxy groups -OCH3 is 1. The molecule has 0 aliphatic carbocycles. The van der Waals surface area contributed by atoms with Gasteiger partial charge in [0.15, 0.2) is 0 Å². The molecule has 0 bridgehead atoms. The molecule has 1 aromatic rings. The molecule has 4 heteroatoms. The van der Waals surface area contributed by atoms with Gasteiger partial charge in [-0.25, -0.2) is 4.79 Å². The van der Waals surface area contributed by atoms with E-state index in [9.17, 15) is 4.79 Å². The first-order valence-corrected chi connectivity index (χ1v) is 7.39. The molecule has 1 fully saturated rings. The molecule has 0 N–H and O–H groups in total. The fourth-order valence-corrected chi connectivity index (χ4v) is 2.59. The normalized spacial score (nSPS) is 16.1. The second-order valence-electron chi connectivity index (χ2n) is 5.24. The van der Waals surface area contributed by atoms with Gasteiger partial charge in [-0.2, -0.15) is 0 Å². The number of rotatable bonds is 5. The number of hydrogen-bond acceptors (Lipinski definition) is 3. The first-order chi connectivity index (χ1) is 9.79. The molecule has 1 heterocycles. The van der Waals surface area contributed by atoms with Gasteiger partial charge >= 0.3 is 6.09 Å². The Morgan fingerprint density at radius 2 is 1.80 bits per heavy atom. The van der Waals surface area contributed by atoms with Crippen LogP contribution < -0.4 is 0 Å². The third kappa shape index (κ3) is 4.53. The third-order valence-electron chi connectivity index (χ3n) is 3.84. The second-order valence-corrected chi connectivity index (χ2v) is 5.24. The molecule has 4 nitrogen and oxygen atoms in total. The molecule has 1 aromatic carbocycles. The largest absolute Gasteiger partial charge is 0.453 e. The Kier molecular flexibility index (Phi) is 5.87. The molecule has 0 aromatic heterocycles. The van der Waals surface area contributed by atoms with Crippen molar-refractivity contribution >= 4 is 6.09 Å². The van der Waals surface area contributed by atoms with Gasteiger partial charge in [0.1, 0.15) is 0 Å². The molecular formula is C16H24N2O2. The van der Waals surface area contributed by atoms with E-state index in [4.69, 9.17) is 4.74 Å². The van der Waals surface area contributed by atoms with Crippen LogP contribution in [0, 0.1) is 0 Å². The maximum atomic E-state index is 11.4. The van der Waals surface area contributed by atoms with E-state index in [0.29, 0.717) is 0 Å². The molecule has 0 saturated carbocycles. The maximum absolute atomic E-state index is 11.4. The second kappa shape index (κ2) is 7.90. The van der Waals surface area contributed by atoms with Crippen LogP contribution in [0.15, 0.2) is 30.3 Å². The Balaban J connectivity index is 1.58. The van der Waals surface area contributed by atoms with Crippen LogP contribution in [-0.4, -0.2) is 55.7 Å². The zero-order valence-electron chi connectivity index (χ0n) is 12.3. The molecule has 0 atom stereocenters. The Labute approximate surface area is 121 Å². The molecule has 1 aliphatic rings. The predicted octanol–water partition coefficient (Wildman–Crippen LogP) is 2.39. The first kappa shape index (κ1) is 14.9. The smallest absolute Gasteiger partial charge is 0.409 e. The van der Waals surface area contributed by atoms with Crippen LogP contribution in [0.4, 0.5) is 4.79 Å². The number of ether oxygens (including phenoxy) is 1. The first-order valence-electron chi connectivity index (χ1n) is 7.39. The summed E-state index contributed by atoms with van der Waals surface area (Å²) in [6.07, 6.45) is 3.39. The molecule has 1 amide bonds. The zero-order chi connectivity index (χ0) is 14.2. The standard InChI is InChI=1S/C16H24N2O2/c1-20-16(19)18-13-11-17(12-14-18)10-6-5-9-15-7-3-2-4-8-15/h2-4,7-8H,5-6,9-14H2,1H3. The van der Waals surface area contributed by atoms with Gasteiger partial charge in [0.2, 0.25) is 0 Å². The van der Waals surface area contributed by atoms with Gasteiger partial charge in [-0.3, -0.25) is 4.90 Å². The van der Waals surface area contributed by atoms with Crippen LogP contribution in [0.5, 0.6) is 0 Å². The summed E-state index contributed by atoms with van der Waals surface area (Å²) in [5.74, 6) is 0. The highest BCUT2D eigenvalue weighted by Crippen LogP contribution is 2.08. The van der Waals surface area contributed by atoms with E-state index >= 15 is 0 Å². The van der Waals surface area contributed by atoms with Crippen molar-refractivity contribution in [3.05, 3.63) is 35.9 Å². The van der Waals surface area contributed by atoms with Crippen molar-refractivity contribution < 1.29 is 9.53 Å². The molecule has 20 heavy (non-hydrogen) atoms. The zero-order valence-corrected chi connectivity index (χ0v) is 12.3. The maximum Gasteiger partial charge on any atom is 0.409 e. The van der Waals surface area contributed by atoms with E-state index in [1.807, 2.05) is 0 Å². The molecular weight excluding hydrogens is 252 g/mol. The van der Waals surface area contributed by atoms with Gasteiger partial charge in [0.05, 0.1) is 7.11 Å². The number of hydrogen-bond donors (Lipinski definition) is 0. The minimum atomic E-state index is -0.200. The Morgan fingerprint density at radius 3 is 2.45 bits per heavy atom. The lowest BCUT2D eigenvalue weighted by Gasteiger charge is -2.33. The summed E-state index contributed by atoms with van der Waals surface area (Å²) >= 11 is 0. The number of nitrogens with zero attached hydrogens (tertiary/aromatic N) is 2. The highest BCUT2D eigenvalue weighted by Gasteiger charge is 2.20. The highest BCUT2D eigenvalue weighted by molar-refractivity contribution is 5.67. The topological polar surface area (TPSA) is 32.8 Å². The summed E-state index contributed by atoms with van der Waals surface area (Å²) in [4.78, 5) is 15.6. The van der Waals surface area contributed by atoms with Crippen molar-refractivity contribution in [2.24, 2.45) is 0 Å². The summed E-state index contributed by atoms with van der Waals surface area (Å²) < 4.78 is 4.74. The fourth-order valence-electron chi connectivity index (χ4n) is 2.59. The van der Waals surface area contributed by atoms with Gasteiger partial charge in [0, 0.05) is 26.2 Å². The lowest BCUT2D eigenvalue weighted by molar-refractivity contribution is 0.0905. The number of unbranched alkanes of at least 4 members (excludes halogenated alkanes) is 1. The number of carbonyl (C=O) groups excluding carboxylic acids is 1. The Bertz CT molecular complexity index is 400. The Morgan fingerprint density at radius 1 is 1.10 bits per heavy atom. The summed E-state index contributed by atoms with van der Waals surface area (Å²) in [5.41, 5.74) is 1.42. The average Bonchev–Trinajstić information content (AvgIpc) is 2.52. The van der Waals surface area contributed by atoms with Crippen molar-refractivity contribution in [1.29, 1.82) is 0 Å². The predicted molar refractivity (Wildman–Crippen MR) is 79.8 cm³/mol. The van der Waals surface area contributed by atoms with Gasteiger partial charge in [-0.1, -0.05) is 30.3 Å². The third-order valence-corrected chi connectivity index (χ3v) is 3.84.